The Morgan fingerprint density at radius 3 is 2.38 bits per heavy atom. The summed E-state index contributed by atoms with van der Waals surface area (Å²) in [6, 6.07) is 7.66. The zero-order valence-corrected chi connectivity index (χ0v) is 10.2. The van der Waals surface area contributed by atoms with Crippen LogP contribution in [0.1, 0.15) is 25.0 Å². The molecular weight excluding hydrogens is 200 g/mol. The van der Waals surface area contributed by atoms with E-state index in [0.29, 0.717) is 6.54 Å². The van der Waals surface area contributed by atoms with Crippen molar-refractivity contribution in [3.63, 3.8) is 0 Å². The highest BCUT2D eigenvalue weighted by Gasteiger charge is 2.16. The lowest BCUT2D eigenvalue weighted by Crippen LogP contribution is -2.43. The van der Waals surface area contributed by atoms with Crippen LogP contribution in [0.2, 0.25) is 0 Å². The Balaban J connectivity index is 2.46. The first-order valence-corrected chi connectivity index (χ1v) is 5.59. The lowest BCUT2D eigenvalue weighted by Gasteiger charge is -2.15. The third-order valence-electron chi connectivity index (χ3n) is 2.61. The zero-order chi connectivity index (χ0) is 12.1. The number of rotatable bonds is 4. The van der Waals surface area contributed by atoms with Gasteiger partial charge in [-0.1, -0.05) is 43.7 Å². The first kappa shape index (κ1) is 12.7. The minimum absolute atomic E-state index is 0.0874. The molecule has 0 saturated carbocycles. The number of carbonyl (C=O) groups is 1. The molecule has 1 amide bonds. The molecule has 0 spiro atoms. The van der Waals surface area contributed by atoms with E-state index < -0.39 is 6.04 Å². The fourth-order valence-electron chi connectivity index (χ4n) is 1.32. The smallest absolute Gasteiger partial charge is 0.237 e. The molecule has 3 N–H and O–H groups in total. The summed E-state index contributed by atoms with van der Waals surface area (Å²) in [6.45, 7) is 6.46. The predicted molar refractivity (Wildman–Crippen MR) is 65.8 cm³/mol. The van der Waals surface area contributed by atoms with Gasteiger partial charge in [-0.15, -0.1) is 0 Å². The maximum atomic E-state index is 11.6. The second kappa shape index (κ2) is 5.66. The normalized spacial score (nSPS) is 12.6. The van der Waals surface area contributed by atoms with Crippen LogP contribution in [0.15, 0.2) is 24.3 Å². The summed E-state index contributed by atoms with van der Waals surface area (Å²) in [5, 5.41) is 2.84. The SMILES string of the molecule is Cc1ccc(CNC(=O)[C@H](N)C(C)C)cc1. The summed E-state index contributed by atoms with van der Waals surface area (Å²) in [5.41, 5.74) is 8.05. The minimum atomic E-state index is -0.426. The largest absolute Gasteiger partial charge is 0.351 e. The zero-order valence-electron chi connectivity index (χ0n) is 10.2. The van der Waals surface area contributed by atoms with Gasteiger partial charge < -0.3 is 11.1 Å². The van der Waals surface area contributed by atoms with Crippen LogP contribution in [0.5, 0.6) is 0 Å². The van der Waals surface area contributed by atoms with Gasteiger partial charge in [0.25, 0.3) is 0 Å². The maximum Gasteiger partial charge on any atom is 0.237 e. The van der Waals surface area contributed by atoms with E-state index in [1.807, 2.05) is 45.0 Å². The molecule has 0 saturated heterocycles. The Bertz CT molecular complexity index is 343. The molecule has 0 aliphatic rings. The van der Waals surface area contributed by atoms with Gasteiger partial charge in [0, 0.05) is 6.54 Å². The summed E-state index contributed by atoms with van der Waals surface area (Å²) >= 11 is 0. The molecule has 0 fully saturated rings. The second-order valence-electron chi connectivity index (χ2n) is 4.47. The highest BCUT2D eigenvalue weighted by Crippen LogP contribution is 2.03. The Morgan fingerprint density at radius 1 is 1.31 bits per heavy atom. The van der Waals surface area contributed by atoms with Crippen molar-refractivity contribution in [3.8, 4) is 0 Å². The third-order valence-corrected chi connectivity index (χ3v) is 2.61. The molecule has 1 atom stereocenters. The second-order valence-corrected chi connectivity index (χ2v) is 4.47. The standard InChI is InChI=1S/C13H20N2O/c1-9(2)12(14)13(16)15-8-11-6-4-10(3)5-7-11/h4-7,9,12H,8,14H2,1-3H3,(H,15,16)/t12-/m1/s1. The Morgan fingerprint density at radius 2 is 1.88 bits per heavy atom. The molecule has 0 aliphatic heterocycles. The fourth-order valence-corrected chi connectivity index (χ4v) is 1.32. The number of nitrogens with two attached hydrogens (primary N) is 1. The van der Waals surface area contributed by atoms with Crippen molar-refractivity contribution >= 4 is 5.91 Å². The van der Waals surface area contributed by atoms with Gasteiger partial charge in [-0.25, -0.2) is 0 Å². The highest BCUT2D eigenvalue weighted by atomic mass is 16.2. The van der Waals surface area contributed by atoms with Crippen molar-refractivity contribution in [2.45, 2.75) is 33.4 Å². The van der Waals surface area contributed by atoms with Gasteiger partial charge in [-0.3, -0.25) is 4.79 Å². The van der Waals surface area contributed by atoms with Gasteiger partial charge in [0.05, 0.1) is 6.04 Å². The van der Waals surface area contributed by atoms with Crippen LogP contribution in [-0.4, -0.2) is 11.9 Å². The van der Waals surface area contributed by atoms with Crippen LogP contribution in [-0.2, 0) is 11.3 Å². The van der Waals surface area contributed by atoms with Crippen LogP contribution < -0.4 is 11.1 Å². The summed E-state index contributed by atoms with van der Waals surface area (Å²) in [5.74, 6) is 0.0774. The van der Waals surface area contributed by atoms with Crippen molar-refractivity contribution < 1.29 is 4.79 Å². The minimum Gasteiger partial charge on any atom is -0.351 e. The van der Waals surface area contributed by atoms with Crippen molar-refractivity contribution in [2.75, 3.05) is 0 Å². The number of carbonyl (C=O) groups excluding carboxylic acids is 1. The van der Waals surface area contributed by atoms with Crippen LogP contribution in [0.3, 0.4) is 0 Å². The average molecular weight is 220 g/mol. The molecule has 1 aromatic carbocycles. The van der Waals surface area contributed by atoms with E-state index in [1.165, 1.54) is 5.56 Å². The van der Waals surface area contributed by atoms with Gasteiger partial charge in [0.1, 0.15) is 0 Å². The van der Waals surface area contributed by atoms with Crippen molar-refractivity contribution in [2.24, 2.45) is 11.7 Å². The molecule has 0 bridgehead atoms. The summed E-state index contributed by atoms with van der Waals surface area (Å²) in [7, 11) is 0. The molecule has 0 unspecified atom stereocenters. The molecule has 0 aromatic heterocycles. The van der Waals surface area contributed by atoms with E-state index in [9.17, 15) is 4.79 Å². The molecule has 0 heterocycles. The summed E-state index contributed by atoms with van der Waals surface area (Å²) in [6.07, 6.45) is 0. The van der Waals surface area contributed by atoms with E-state index in [2.05, 4.69) is 5.32 Å². The molecule has 3 nitrogen and oxygen atoms in total. The summed E-state index contributed by atoms with van der Waals surface area (Å²) < 4.78 is 0. The Hall–Kier alpha value is -1.35. The fraction of sp³-hybridized carbons (Fsp3) is 0.462. The van der Waals surface area contributed by atoms with Crippen LogP contribution in [0.4, 0.5) is 0 Å². The average Bonchev–Trinajstić information content (AvgIpc) is 2.26. The number of aryl methyl sites for hydroxylation is 1. The molecule has 3 heteroatoms. The van der Waals surface area contributed by atoms with Crippen molar-refractivity contribution in [1.82, 2.24) is 5.32 Å². The van der Waals surface area contributed by atoms with Gasteiger partial charge in [-0.05, 0) is 18.4 Å². The Labute approximate surface area is 97.0 Å². The number of nitrogens with one attached hydrogen (secondary N) is 1. The topological polar surface area (TPSA) is 55.1 Å². The van der Waals surface area contributed by atoms with Gasteiger partial charge in [0.15, 0.2) is 0 Å². The third kappa shape index (κ3) is 3.66. The summed E-state index contributed by atoms with van der Waals surface area (Å²) in [4.78, 5) is 11.6. The molecule has 1 aromatic rings. The van der Waals surface area contributed by atoms with Crippen LogP contribution in [0.25, 0.3) is 0 Å². The van der Waals surface area contributed by atoms with Crippen LogP contribution in [0, 0.1) is 12.8 Å². The lowest BCUT2D eigenvalue weighted by molar-refractivity contribution is -0.123. The van der Waals surface area contributed by atoms with E-state index in [4.69, 9.17) is 5.73 Å². The molecular formula is C13H20N2O. The van der Waals surface area contributed by atoms with Gasteiger partial charge in [0.2, 0.25) is 5.91 Å². The van der Waals surface area contributed by atoms with Crippen LogP contribution >= 0.6 is 0 Å². The molecule has 0 aliphatic carbocycles. The van der Waals surface area contributed by atoms with E-state index in [-0.39, 0.29) is 11.8 Å². The number of benzene rings is 1. The molecule has 0 radical (unpaired) electrons. The quantitative estimate of drug-likeness (QED) is 0.809. The van der Waals surface area contributed by atoms with E-state index in [1.54, 1.807) is 0 Å². The van der Waals surface area contributed by atoms with E-state index in [0.717, 1.165) is 5.56 Å². The number of hydrogen-bond acceptors (Lipinski definition) is 2. The first-order valence-electron chi connectivity index (χ1n) is 5.59. The number of hydrogen-bond donors (Lipinski definition) is 2. The highest BCUT2D eigenvalue weighted by molar-refractivity contribution is 5.81. The van der Waals surface area contributed by atoms with Crippen molar-refractivity contribution in [1.29, 1.82) is 0 Å². The maximum absolute atomic E-state index is 11.6. The Kier molecular flexibility index (Phi) is 4.50. The first-order chi connectivity index (χ1) is 7.50. The van der Waals surface area contributed by atoms with Gasteiger partial charge in [-0.2, -0.15) is 0 Å². The lowest BCUT2D eigenvalue weighted by atomic mass is 10.0. The molecule has 1 rings (SSSR count). The molecule has 16 heavy (non-hydrogen) atoms. The molecule has 88 valence electrons. The van der Waals surface area contributed by atoms with E-state index >= 15 is 0 Å². The van der Waals surface area contributed by atoms with Crippen molar-refractivity contribution in [3.05, 3.63) is 35.4 Å². The number of amides is 1. The predicted octanol–water partition coefficient (Wildman–Crippen LogP) is 1.59. The monoisotopic (exact) mass is 220 g/mol. The van der Waals surface area contributed by atoms with Gasteiger partial charge >= 0.3 is 0 Å².